The number of carbonyl (C=O) groups is 3. The molecule has 3 aromatic rings. The third kappa shape index (κ3) is 10.4. The van der Waals surface area contributed by atoms with Gasteiger partial charge in [-0.2, -0.15) is 0 Å². The molecular weight excluding hydrogens is 644 g/mol. The zero-order valence-corrected chi connectivity index (χ0v) is 27.9. The van der Waals surface area contributed by atoms with Gasteiger partial charge in [-0.15, -0.1) is 0 Å². The molecule has 15 nitrogen and oxygen atoms in total. The van der Waals surface area contributed by atoms with Crippen LogP contribution < -0.4 is 33.7 Å². The monoisotopic (exact) mass is 684 g/mol. The second-order valence-corrected chi connectivity index (χ2v) is 10.4. The van der Waals surface area contributed by atoms with Crippen molar-refractivity contribution < 1.29 is 61.8 Å². The number of amides is 1. The summed E-state index contributed by atoms with van der Waals surface area (Å²) in [6, 6.07) is 14.1. The number of ether oxygens (including phenoxy) is 10. The average Bonchev–Trinajstić information content (AvgIpc) is 3.16. The number of benzene rings is 2. The van der Waals surface area contributed by atoms with Crippen LogP contribution in [0.1, 0.15) is 24.3 Å². The lowest BCUT2D eigenvalue weighted by Gasteiger charge is -2.31. The molecule has 1 aromatic heterocycles. The van der Waals surface area contributed by atoms with Gasteiger partial charge in [0.15, 0.2) is 35.4 Å². The maximum atomic E-state index is 13.5. The van der Waals surface area contributed by atoms with Gasteiger partial charge >= 0.3 is 11.9 Å². The molecule has 1 saturated heterocycles. The molecule has 1 N–H and O–H groups in total. The van der Waals surface area contributed by atoms with Crippen molar-refractivity contribution in [2.45, 2.75) is 38.2 Å². The number of hydrogen-bond acceptors (Lipinski definition) is 14. The largest absolute Gasteiger partial charge is 0.497 e. The normalized spacial score (nSPS) is 19.2. The minimum Gasteiger partial charge on any atom is -0.497 e. The van der Waals surface area contributed by atoms with Gasteiger partial charge in [0.05, 0.1) is 34.5 Å². The summed E-state index contributed by atoms with van der Waals surface area (Å²) in [5.74, 6) is 0.0233. The Morgan fingerprint density at radius 2 is 1.51 bits per heavy atom. The van der Waals surface area contributed by atoms with Crippen LogP contribution in [0.15, 0.2) is 60.8 Å². The van der Waals surface area contributed by atoms with Crippen molar-refractivity contribution in [3.63, 3.8) is 0 Å². The number of nitrogens with zero attached hydrogens (tertiary/aromatic N) is 1. The summed E-state index contributed by atoms with van der Waals surface area (Å²) >= 11 is 0. The van der Waals surface area contributed by atoms with Gasteiger partial charge in [-0.05, 0) is 62.4 Å². The molecule has 0 aliphatic carbocycles. The van der Waals surface area contributed by atoms with Crippen LogP contribution in [0.3, 0.4) is 0 Å². The van der Waals surface area contributed by atoms with Crippen LogP contribution in [0.4, 0.5) is 0 Å². The zero-order valence-electron chi connectivity index (χ0n) is 27.9. The van der Waals surface area contributed by atoms with Gasteiger partial charge in [-0.25, -0.2) is 14.6 Å². The molecule has 0 bridgehead atoms. The molecule has 1 aliphatic heterocycles. The van der Waals surface area contributed by atoms with Crippen molar-refractivity contribution in [2.24, 2.45) is 0 Å². The fourth-order valence-electron chi connectivity index (χ4n) is 4.61. The van der Waals surface area contributed by atoms with E-state index >= 15 is 0 Å². The van der Waals surface area contributed by atoms with Gasteiger partial charge in [0, 0.05) is 18.9 Å². The minimum absolute atomic E-state index is 0.0426. The third-order valence-corrected chi connectivity index (χ3v) is 7.12. The van der Waals surface area contributed by atoms with Crippen LogP contribution in [0.5, 0.6) is 34.5 Å². The Labute approximate surface area is 283 Å². The smallest absolute Gasteiger partial charge is 0.334 e. The Hall–Kier alpha value is -5.28. The van der Waals surface area contributed by atoms with Crippen LogP contribution in [-0.4, -0.2) is 102 Å². The first kappa shape index (κ1) is 36.6. The number of methoxy groups -OCH3 is 3. The minimum atomic E-state index is -1.26. The summed E-state index contributed by atoms with van der Waals surface area (Å²) in [6.07, 6.45) is -1.17. The average molecular weight is 685 g/mol. The van der Waals surface area contributed by atoms with Crippen molar-refractivity contribution in [3.05, 3.63) is 66.5 Å². The second kappa shape index (κ2) is 18.3. The summed E-state index contributed by atoms with van der Waals surface area (Å²) in [6.45, 7) is 2.59. The predicted octanol–water partition coefficient (Wildman–Crippen LogP) is 2.98. The molecule has 0 radical (unpaired) electrons. The molecule has 0 saturated carbocycles. The second-order valence-electron chi connectivity index (χ2n) is 10.4. The number of rotatable bonds is 15. The molecule has 2 heterocycles. The van der Waals surface area contributed by atoms with E-state index in [9.17, 15) is 14.4 Å². The van der Waals surface area contributed by atoms with Crippen molar-refractivity contribution in [3.8, 4) is 34.5 Å². The molecule has 1 aliphatic rings. The van der Waals surface area contributed by atoms with Gasteiger partial charge < -0.3 is 52.7 Å². The lowest BCUT2D eigenvalue weighted by molar-refractivity contribution is -0.157. The number of esters is 2. The van der Waals surface area contributed by atoms with Crippen LogP contribution in [0, 0.1) is 0 Å². The standard InChI is InChI=1S/C34H40N2O13/c1-6-43-19-29(37)45-20-46-32-27(42-5)15-16-35-30(32)33(38)36-26-17-44-18-28(48-24-11-7-22(40-3)8-12-24)31(21(2)47-34(26)39)49-25-13-9-23(41-4)10-14-25/h7-16,21,26,28,31H,6,17-20H2,1-5H3,(H,36,38)/t21-,26-,28-,31-/m0/s1. The van der Waals surface area contributed by atoms with Crippen molar-refractivity contribution in [1.29, 1.82) is 0 Å². The number of carbonyl (C=O) groups excluding carboxylic acids is 3. The van der Waals surface area contributed by atoms with E-state index < -0.39 is 49.0 Å². The van der Waals surface area contributed by atoms with E-state index in [4.69, 9.17) is 47.4 Å². The molecule has 1 amide bonds. The van der Waals surface area contributed by atoms with E-state index in [0.717, 1.165) is 0 Å². The molecule has 2 aromatic carbocycles. The van der Waals surface area contributed by atoms with E-state index in [-0.39, 0.29) is 37.0 Å². The summed E-state index contributed by atoms with van der Waals surface area (Å²) in [5.41, 5.74) is -0.234. The van der Waals surface area contributed by atoms with Gasteiger partial charge in [-0.1, -0.05) is 0 Å². The molecular formula is C34H40N2O13. The zero-order chi connectivity index (χ0) is 35.2. The summed E-state index contributed by atoms with van der Waals surface area (Å²) in [5, 5.41) is 2.60. The van der Waals surface area contributed by atoms with Gasteiger partial charge in [0.25, 0.3) is 5.91 Å². The lowest BCUT2D eigenvalue weighted by atomic mass is 10.1. The highest BCUT2D eigenvalue weighted by molar-refractivity contribution is 5.98. The van der Waals surface area contributed by atoms with Crippen LogP contribution in [0.25, 0.3) is 0 Å². The maximum Gasteiger partial charge on any atom is 0.334 e. The van der Waals surface area contributed by atoms with E-state index in [1.54, 1.807) is 76.6 Å². The number of cyclic esters (lactones) is 1. The third-order valence-electron chi connectivity index (χ3n) is 7.12. The highest BCUT2D eigenvalue weighted by Crippen LogP contribution is 2.30. The van der Waals surface area contributed by atoms with Crippen LogP contribution >= 0.6 is 0 Å². The number of nitrogens with one attached hydrogen (secondary N) is 1. The van der Waals surface area contributed by atoms with Crippen molar-refractivity contribution in [1.82, 2.24) is 10.3 Å². The Kier molecular flexibility index (Phi) is 13.7. The number of aromatic nitrogens is 1. The Morgan fingerprint density at radius 1 is 0.878 bits per heavy atom. The highest BCUT2D eigenvalue weighted by Gasteiger charge is 2.38. The molecule has 0 unspecified atom stereocenters. The SMILES string of the molecule is CCOCC(=O)OCOc1c(OC)ccnc1C(=O)N[C@H]1COC[C@H](Oc2ccc(OC)cc2)[C@@H](Oc2ccc(OC)cc2)[C@H](C)OC1=O. The lowest BCUT2D eigenvalue weighted by Crippen LogP contribution is -2.48. The fourth-order valence-corrected chi connectivity index (χ4v) is 4.61. The Balaban J connectivity index is 1.52. The first-order valence-corrected chi connectivity index (χ1v) is 15.4. The van der Waals surface area contributed by atoms with Crippen molar-refractivity contribution in [2.75, 3.05) is 54.5 Å². The maximum absolute atomic E-state index is 13.5. The Bertz CT molecular complexity index is 1520. The van der Waals surface area contributed by atoms with E-state index in [1.165, 1.54) is 19.4 Å². The van der Waals surface area contributed by atoms with Gasteiger partial charge in [0.2, 0.25) is 6.79 Å². The molecule has 4 rings (SSSR count). The van der Waals surface area contributed by atoms with Crippen LogP contribution in [0.2, 0.25) is 0 Å². The van der Waals surface area contributed by atoms with Gasteiger partial charge in [0.1, 0.15) is 35.7 Å². The van der Waals surface area contributed by atoms with Gasteiger partial charge in [-0.3, -0.25) is 4.79 Å². The molecule has 264 valence electrons. The fraction of sp³-hybridized carbons (Fsp3) is 0.412. The van der Waals surface area contributed by atoms with E-state index in [1.807, 2.05) is 0 Å². The summed E-state index contributed by atoms with van der Waals surface area (Å²) in [7, 11) is 4.48. The Morgan fingerprint density at radius 3 is 2.12 bits per heavy atom. The quantitative estimate of drug-likeness (QED) is 0.183. The van der Waals surface area contributed by atoms with E-state index in [0.29, 0.717) is 29.6 Å². The molecule has 0 spiro atoms. The summed E-state index contributed by atoms with van der Waals surface area (Å²) in [4.78, 5) is 42.9. The first-order chi connectivity index (χ1) is 23.8. The molecule has 15 heteroatoms. The number of hydrogen-bond donors (Lipinski definition) is 1. The molecule has 49 heavy (non-hydrogen) atoms. The highest BCUT2D eigenvalue weighted by atomic mass is 16.7. The molecule has 1 fully saturated rings. The van der Waals surface area contributed by atoms with E-state index in [2.05, 4.69) is 10.3 Å². The first-order valence-electron chi connectivity index (χ1n) is 15.4. The van der Waals surface area contributed by atoms with Crippen molar-refractivity contribution >= 4 is 17.8 Å². The van der Waals surface area contributed by atoms with Crippen LogP contribution in [-0.2, 0) is 28.5 Å². The number of pyridine rings is 1. The topological polar surface area (TPSA) is 168 Å². The summed E-state index contributed by atoms with van der Waals surface area (Å²) < 4.78 is 55.7. The molecule has 4 atom stereocenters. The predicted molar refractivity (Wildman–Crippen MR) is 171 cm³/mol.